The standard InChI is InChI=1S/C8H18.C2H4O2/c1-3-5-7-8-6-4-2;1-4-2-3/h3-8H2,1-2H3;2H,1H3. The molecule has 0 bridgehead atoms. The molecule has 74 valence electrons. The Kier molecular flexibility index (Phi) is 19.7. The minimum absolute atomic E-state index is 0.375. The molecule has 0 saturated carbocycles. The smallest absolute Gasteiger partial charge is 0.292 e. The summed E-state index contributed by atoms with van der Waals surface area (Å²) >= 11 is 0. The van der Waals surface area contributed by atoms with Crippen LogP contribution in [0.5, 0.6) is 0 Å². The summed E-state index contributed by atoms with van der Waals surface area (Å²) in [5.41, 5.74) is 0. The summed E-state index contributed by atoms with van der Waals surface area (Å²) in [6.07, 6.45) is 8.49. The number of carbonyl (C=O) groups is 1. The average Bonchev–Trinajstić information content (AvgIpc) is 2.13. The Hall–Kier alpha value is -0.530. The largest absolute Gasteiger partial charge is 0.471 e. The van der Waals surface area contributed by atoms with Gasteiger partial charge in [0, 0.05) is 0 Å². The van der Waals surface area contributed by atoms with Gasteiger partial charge < -0.3 is 4.74 Å². The molecule has 0 N–H and O–H groups in total. The van der Waals surface area contributed by atoms with Crippen LogP contribution in [0.4, 0.5) is 0 Å². The van der Waals surface area contributed by atoms with E-state index in [1.165, 1.54) is 45.6 Å². The van der Waals surface area contributed by atoms with E-state index in [0.717, 1.165) is 0 Å². The molecule has 0 fully saturated rings. The molecule has 0 aliphatic rings. The molecule has 0 aliphatic heterocycles. The van der Waals surface area contributed by atoms with Gasteiger partial charge in [-0.2, -0.15) is 0 Å². The van der Waals surface area contributed by atoms with Crippen LogP contribution in [0.3, 0.4) is 0 Å². The van der Waals surface area contributed by atoms with E-state index in [4.69, 9.17) is 4.79 Å². The number of hydrogen-bond acceptors (Lipinski definition) is 2. The molecule has 0 unspecified atom stereocenters. The summed E-state index contributed by atoms with van der Waals surface area (Å²) in [4.78, 5) is 8.95. The number of ether oxygens (including phenoxy) is 1. The van der Waals surface area contributed by atoms with E-state index in [1.54, 1.807) is 0 Å². The van der Waals surface area contributed by atoms with Crippen molar-refractivity contribution in [3.63, 3.8) is 0 Å². The molecule has 0 saturated heterocycles. The Labute approximate surface area is 76.3 Å². The quantitative estimate of drug-likeness (QED) is 0.456. The molecule has 0 heterocycles. The minimum Gasteiger partial charge on any atom is -0.471 e. The van der Waals surface area contributed by atoms with Crippen molar-refractivity contribution in [3.8, 4) is 0 Å². The van der Waals surface area contributed by atoms with Crippen LogP contribution in [0.25, 0.3) is 0 Å². The third kappa shape index (κ3) is 22.7. The van der Waals surface area contributed by atoms with Gasteiger partial charge in [-0.05, 0) is 0 Å². The fourth-order valence-electron chi connectivity index (χ4n) is 0.854. The number of unbranched alkanes of at least 4 members (excludes halogenated alkanes) is 5. The van der Waals surface area contributed by atoms with Crippen LogP contribution in [0.15, 0.2) is 0 Å². The molecule has 0 radical (unpaired) electrons. The zero-order valence-corrected chi connectivity index (χ0v) is 8.64. The van der Waals surface area contributed by atoms with Crippen molar-refractivity contribution < 1.29 is 9.53 Å². The van der Waals surface area contributed by atoms with Crippen molar-refractivity contribution in [2.24, 2.45) is 0 Å². The van der Waals surface area contributed by atoms with Crippen LogP contribution in [-0.4, -0.2) is 13.6 Å². The average molecular weight is 174 g/mol. The van der Waals surface area contributed by atoms with E-state index < -0.39 is 0 Å². The van der Waals surface area contributed by atoms with Crippen LogP contribution in [0, 0.1) is 0 Å². The van der Waals surface area contributed by atoms with Crippen molar-refractivity contribution in [2.45, 2.75) is 52.4 Å². The lowest BCUT2D eigenvalue weighted by atomic mass is 10.1. The summed E-state index contributed by atoms with van der Waals surface area (Å²) in [6, 6.07) is 0. The first-order chi connectivity index (χ1) is 5.83. The van der Waals surface area contributed by atoms with Crippen LogP contribution in [-0.2, 0) is 9.53 Å². The highest BCUT2D eigenvalue weighted by Gasteiger charge is 1.83. The first-order valence-electron chi connectivity index (χ1n) is 4.79. The number of carbonyl (C=O) groups excluding carboxylic acids is 1. The second-order valence-corrected chi connectivity index (χ2v) is 2.75. The molecular formula is C10H22O2. The summed E-state index contributed by atoms with van der Waals surface area (Å²) in [7, 11) is 1.31. The monoisotopic (exact) mass is 174 g/mol. The van der Waals surface area contributed by atoms with Gasteiger partial charge in [-0.15, -0.1) is 0 Å². The molecule has 0 atom stereocenters. The van der Waals surface area contributed by atoms with Crippen LogP contribution in [0.1, 0.15) is 52.4 Å². The van der Waals surface area contributed by atoms with Gasteiger partial charge >= 0.3 is 0 Å². The SMILES string of the molecule is CCCCCCCC.COC=O. The Bertz CT molecular complexity index is 66.2. The highest BCUT2D eigenvalue weighted by atomic mass is 16.5. The second kappa shape index (κ2) is 16.8. The Morgan fingerprint density at radius 1 is 1.00 bits per heavy atom. The highest BCUT2D eigenvalue weighted by Crippen LogP contribution is 2.03. The van der Waals surface area contributed by atoms with Gasteiger partial charge in [0.1, 0.15) is 0 Å². The molecule has 0 aromatic heterocycles. The molecular weight excluding hydrogens is 152 g/mol. The maximum absolute atomic E-state index is 8.95. The van der Waals surface area contributed by atoms with E-state index in [-0.39, 0.29) is 0 Å². The second-order valence-electron chi connectivity index (χ2n) is 2.75. The van der Waals surface area contributed by atoms with Gasteiger partial charge in [-0.1, -0.05) is 52.4 Å². The van der Waals surface area contributed by atoms with Crippen molar-refractivity contribution in [1.29, 1.82) is 0 Å². The predicted octanol–water partition coefficient (Wildman–Crippen LogP) is 3.16. The van der Waals surface area contributed by atoms with Crippen molar-refractivity contribution in [2.75, 3.05) is 7.11 Å². The summed E-state index contributed by atoms with van der Waals surface area (Å²) in [5, 5.41) is 0. The van der Waals surface area contributed by atoms with Crippen molar-refractivity contribution in [3.05, 3.63) is 0 Å². The topological polar surface area (TPSA) is 26.3 Å². The first-order valence-corrected chi connectivity index (χ1v) is 4.79. The molecule has 0 rings (SSSR count). The maximum Gasteiger partial charge on any atom is 0.292 e. The third-order valence-corrected chi connectivity index (χ3v) is 1.55. The zero-order chi connectivity index (χ0) is 9.66. The Morgan fingerprint density at radius 3 is 1.50 bits per heavy atom. The molecule has 0 spiro atoms. The molecule has 2 heteroatoms. The normalized spacial score (nSPS) is 8.25. The van der Waals surface area contributed by atoms with Crippen LogP contribution < -0.4 is 0 Å². The lowest BCUT2D eigenvalue weighted by Crippen LogP contribution is -1.73. The Balaban J connectivity index is 0. The first kappa shape index (κ1) is 14.0. The van der Waals surface area contributed by atoms with E-state index >= 15 is 0 Å². The van der Waals surface area contributed by atoms with Crippen molar-refractivity contribution in [1.82, 2.24) is 0 Å². The summed E-state index contributed by atoms with van der Waals surface area (Å²) in [5.74, 6) is 0. The van der Waals surface area contributed by atoms with Crippen LogP contribution in [0.2, 0.25) is 0 Å². The van der Waals surface area contributed by atoms with E-state index in [0.29, 0.717) is 6.47 Å². The number of hydrogen-bond donors (Lipinski definition) is 0. The van der Waals surface area contributed by atoms with E-state index in [2.05, 4.69) is 18.6 Å². The lowest BCUT2D eigenvalue weighted by molar-refractivity contribution is -0.126. The lowest BCUT2D eigenvalue weighted by Gasteiger charge is -1.93. The summed E-state index contributed by atoms with van der Waals surface area (Å²) in [6.45, 7) is 4.89. The summed E-state index contributed by atoms with van der Waals surface area (Å²) < 4.78 is 3.86. The Morgan fingerprint density at radius 2 is 1.33 bits per heavy atom. The zero-order valence-electron chi connectivity index (χ0n) is 8.64. The van der Waals surface area contributed by atoms with Gasteiger partial charge in [-0.25, -0.2) is 0 Å². The fourth-order valence-corrected chi connectivity index (χ4v) is 0.854. The molecule has 0 aromatic carbocycles. The van der Waals surface area contributed by atoms with Gasteiger partial charge in [-0.3, -0.25) is 4.79 Å². The molecule has 12 heavy (non-hydrogen) atoms. The molecule has 0 aromatic rings. The van der Waals surface area contributed by atoms with E-state index in [1.807, 2.05) is 0 Å². The fraction of sp³-hybridized carbons (Fsp3) is 0.900. The molecule has 2 nitrogen and oxygen atoms in total. The number of methoxy groups -OCH3 is 1. The van der Waals surface area contributed by atoms with Gasteiger partial charge in [0.05, 0.1) is 7.11 Å². The third-order valence-electron chi connectivity index (χ3n) is 1.55. The predicted molar refractivity (Wildman–Crippen MR) is 52.1 cm³/mol. The minimum atomic E-state index is 0.375. The highest BCUT2D eigenvalue weighted by molar-refractivity contribution is 5.36. The van der Waals surface area contributed by atoms with Gasteiger partial charge in [0.15, 0.2) is 0 Å². The van der Waals surface area contributed by atoms with Crippen LogP contribution >= 0.6 is 0 Å². The molecule has 0 aliphatic carbocycles. The molecule has 0 amide bonds. The maximum atomic E-state index is 8.95. The number of rotatable bonds is 6. The van der Waals surface area contributed by atoms with Gasteiger partial charge in [0.2, 0.25) is 0 Å². The van der Waals surface area contributed by atoms with E-state index in [9.17, 15) is 0 Å². The van der Waals surface area contributed by atoms with Gasteiger partial charge in [0.25, 0.3) is 6.47 Å². The van der Waals surface area contributed by atoms with Crippen molar-refractivity contribution >= 4 is 6.47 Å².